The minimum Gasteiger partial charge on any atom is -0.385 e. The van der Waals surface area contributed by atoms with E-state index < -0.39 is 10.0 Å². The molecule has 0 aromatic rings. The third-order valence-electron chi connectivity index (χ3n) is 3.64. The molecule has 0 aromatic carbocycles. The van der Waals surface area contributed by atoms with E-state index in [0.29, 0.717) is 12.5 Å². The lowest BCUT2D eigenvalue weighted by Gasteiger charge is -2.29. The fourth-order valence-corrected chi connectivity index (χ4v) is 3.67. The maximum atomic E-state index is 11.6. The molecule has 1 unspecified atom stereocenters. The molecule has 0 bridgehead atoms. The molecular formula is C13H28N2O3S. The van der Waals surface area contributed by atoms with Crippen LogP contribution in [0.5, 0.6) is 0 Å². The van der Waals surface area contributed by atoms with Crippen molar-refractivity contribution in [3.05, 3.63) is 0 Å². The number of hydrogen-bond donors (Lipinski definition) is 1. The lowest BCUT2D eigenvalue weighted by atomic mass is 9.96. The van der Waals surface area contributed by atoms with E-state index in [1.165, 1.54) is 6.26 Å². The van der Waals surface area contributed by atoms with Crippen molar-refractivity contribution in [3.63, 3.8) is 0 Å². The van der Waals surface area contributed by atoms with Crippen LogP contribution in [0.1, 0.15) is 33.1 Å². The summed E-state index contributed by atoms with van der Waals surface area (Å²) in [6, 6.07) is 0. The van der Waals surface area contributed by atoms with Gasteiger partial charge in [0.15, 0.2) is 0 Å². The van der Waals surface area contributed by atoms with Gasteiger partial charge in [0.25, 0.3) is 0 Å². The van der Waals surface area contributed by atoms with Crippen LogP contribution in [-0.2, 0) is 14.8 Å². The maximum Gasteiger partial charge on any atom is 0.209 e. The van der Waals surface area contributed by atoms with Crippen molar-refractivity contribution in [2.24, 2.45) is 5.92 Å². The summed E-state index contributed by atoms with van der Waals surface area (Å²) in [5.41, 5.74) is -0.347. The molecule has 1 aliphatic rings. The number of likely N-dealkylation sites (tertiary alicyclic amines) is 1. The highest BCUT2D eigenvalue weighted by molar-refractivity contribution is 7.88. The first-order chi connectivity index (χ1) is 8.76. The van der Waals surface area contributed by atoms with Crippen molar-refractivity contribution in [1.29, 1.82) is 0 Å². The maximum absolute atomic E-state index is 11.6. The average molecular weight is 292 g/mol. The Labute approximate surface area is 117 Å². The van der Waals surface area contributed by atoms with Gasteiger partial charge < -0.3 is 9.64 Å². The second kappa shape index (κ2) is 7.02. The van der Waals surface area contributed by atoms with Gasteiger partial charge >= 0.3 is 0 Å². The van der Waals surface area contributed by atoms with Gasteiger partial charge in [-0.2, -0.15) is 0 Å². The van der Waals surface area contributed by atoms with Crippen LogP contribution in [0.15, 0.2) is 0 Å². The molecule has 5 nitrogen and oxygen atoms in total. The molecule has 1 rings (SSSR count). The van der Waals surface area contributed by atoms with Crippen molar-refractivity contribution in [1.82, 2.24) is 9.62 Å². The van der Waals surface area contributed by atoms with Crippen molar-refractivity contribution >= 4 is 10.0 Å². The molecule has 0 aromatic heterocycles. The predicted octanol–water partition coefficient (Wildman–Crippen LogP) is 1.06. The van der Waals surface area contributed by atoms with Gasteiger partial charge in [0.05, 0.1) is 6.26 Å². The zero-order valence-corrected chi connectivity index (χ0v) is 13.4. The summed E-state index contributed by atoms with van der Waals surface area (Å²) in [5, 5.41) is 0. The van der Waals surface area contributed by atoms with Crippen molar-refractivity contribution in [2.45, 2.75) is 38.6 Å². The molecule has 1 heterocycles. The summed E-state index contributed by atoms with van der Waals surface area (Å²) in [4.78, 5) is 2.36. The Morgan fingerprint density at radius 3 is 2.63 bits per heavy atom. The Morgan fingerprint density at radius 2 is 2.11 bits per heavy atom. The lowest BCUT2D eigenvalue weighted by molar-refractivity contribution is 0.161. The fraction of sp³-hybridized carbons (Fsp3) is 1.00. The molecule has 0 aliphatic carbocycles. The summed E-state index contributed by atoms with van der Waals surface area (Å²) in [5.74, 6) is 0.678. The van der Waals surface area contributed by atoms with Crippen LogP contribution in [0.4, 0.5) is 0 Å². The van der Waals surface area contributed by atoms with E-state index in [-0.39, 0.29) is 5.54 Å². The summed E-state index contributed by atoms with van der Waals surface area (Å²) < 4.78 is 31.1. The van der Waals surface area contributed by atoms with Gasteiger partial charge in [-0.15, -0.1) is 0 Å². The first kappa shape index (κ1) is 16.9. The number of hydrogen-bond acceptors (Lipinski definition) is 4. The van der Waals surface area contributed by atoms with Gasteiger partial charge in [0.2, 0.25) is 10.0 Å². The molecule has 114 valence electrons. The molecule has 0 radical (unpaired) electrons. The second-order valence-electron chi connectivity index (χ2n) is 6.11. The minimum atomic E-state index is -3.18. The van der Waals surface area contributed by atoms with E-state index in [9.17, 15) is 8.42 Å². The van der Waals surface area contributed by atoms with Crippen LogP contribution in [0.25, 0.3) is 0 Å². The van der Waals surface area contributed by atoms with Crippen LogP contribution < -0.4 is 4.72 Å². The third-order valence-corrected chi connectivity index (χ3v) is 4.45. The number of nitrogens with zero attached hydrogens (tertiary/aromatic N) is 1. The van der Waals surface area contributed by atoms with E-state index in [0.717, 1.165) is 38.9 Å². The Bertz CT molecular complexity index is 370. The van der Waals surface area contributed by atoms with Gasteiger partial charge in [-0.3, -0.25) is 0 Å². The van der Waals surface area contributed by atoms with Crippen molar-refractivity contribution in [2.75, 3.05) is 39.6 Å². The molecule has 1 atom stereocenters. The molecule has 1 aliphatic heterocycles. The first-order valence-electron chi connectivity index (χ1n) is 6.96. The smallest absolute Gasteiger partial charge is 0.209 e. The minimum absolute atomic E-state index is 0.347. The Kier molecular flexibility index (Phi) is 6.23. The second-order valence-corrected chi connectivity index (χ2v) is 7.85. The highest BCUT2D eigenvalue weighted by Gasteiger charge is 2.39. The van der Waals surface area contributed by atoms with Crippen LogP contribution >= 0.6 is 0 Å². The molecule has 6 heteroatoms. The van der Waals surface area contributed by atoms with Gasteiger partial charge in [0.1, 0.15) is 0 Å². The molecule has 0 spiro atoms. The molecule has 1 fully saturated rings. The van der Waals surface area contributed by atoms with Crippen molar-refractivity contribution in [3.8, 4) is 0 Å². The number of methoxy groups -OCH3 is 1. The van der Waals surface area contributed by atoms with Crippen molar-refractivity contribution < 1.29 is 13.2 Å². The number of rotatable bonds is 8. The van der Waals surface area contributed by atoms with E-state index in [1.807, 2.05) is 0 Å². The average Bonchev–Trinajstić information content (AvgIpc) is 2.65. The summed E-state index contributed by atoms with van der Waals surface area (Å²) in [6.45, 7) is 7.79. The standard InChI is InChI=1S/C13H28N2O3S/c1-12(2)5-8-15-9-6-13(11-15,7-10-18-3)14-19(4,16)17/h12,14H,5-11H2,1-4H3. The molecule has 0 saturated carbocycles. The highest BCUT2D eigenvalue weighted by Crippen LogP contribution is 2.26. The van der Waals surface area contributed by atoms with Gasteiger partial charge in [-0.1, -0.05) is 13.8 Å². The molecule has 1 N–H and O–H groups in total. The van der Waals surface area contributed by atoms with Crippen LogP contribution in [0.2, 0.25) is 0 Å². The zero-order valence-electron chi connectivity index (χ0n) is 12.6. The SMILES string of the molecule is COCCC1(NS(C)(=O)=O)CCN(CCC(C)C)C1. The number of ether oxygens (including phenoxy) is 1. The molecular weight excluding hydrogens is 264 g/mol. The Hall–Kier alpha value is -0.170. The fourth-order valence-electron chi connectivity index (χ4n) is 2.62. The van der Waals surface area contributed by atoms with Gasteiger partial charge in [-0.25, -0.2) is 13.1 Å². The van der Waals surface area contributed by atoms with E-state index >= 15 is 0 Å². The lowest BCUT2D eigenvalue weighted by Crippen LogP contribution is -2.50. The van der Waals surface area contributed by atoms with E-state index in [4.69, 9.17) is 4.74 Å². The van der Waals surface area contributed by atoms with Gasteiger partial charge in [0, 0.05) is 32.3 Å². The van der Waals surface area contributed by atoms with E-state index in [1.54, 1.807) is 7.11 Å². The zero-order chi connectivity index (χ0) is 14.5. The van der Waals surface area contributed by atoms with Gasteiger partial charge in [-0.05, 0) is 31.7 Å². The molecule has 19 heavy (non-hydrogen) atoms. The summed E-state index contributed by atoms with van der Waals surface area (Å²) >= 11 is 0. The Balaban J connectivity index is 2.62. The number of nitrogens with one attached hydrogen (secondary N) is 1. The monoisotopic (exact) mass is 292 g/mol. The largest absolute Gasteiger partial charge is 0.385 e. The van der Waals surface area contributed by atoms with E-state index in [2.05, 4.69) is 23.5 Å². The predicted molar refractivity (Wildman–Crippen MR) is 77.7 cm³/mol. The molecule has 0 amide bonds. The Morgan fingerprint density at radius 1 is 1.42 bits per heavy atom. The first-order valence-corrected chi connectivity index (χ1v) is 8.86. The quantitative estimate of drug-likeness (QED) is 0.727. The van der Waals surface area contributed by atoms with Crippen LogP contribution in [-0.4, -0.2) is 58.5 Å². The summed E-state index contributed by atoms with van der Waals surface area (Å²) in [7, 11) is -1.53. The highest BCUT2D eigenvalue weighted by atomic mass is 32.2. The topological polar surface area (TPSA) is 58.6 Å². The molecule has 1 saturated heterocycles. The van der Waals surface area contributed by atoms with Crippen LogP contribution in [0.3, 0.4) is 0 Å². The normalized spacial score (nSPS) is 25.3. The summed E-state index contributed by atoms with van der Waals surface area (Å²) in [6.07, 6.45) is 3.98. The number of sulfonamides is 1. The van der Waals surface area contributed by atoms with Crippen LogP contribution in [0, 0.1) is 5.92 Å². The third kappa shape index (κ3) is 6.21.